The molecule has 0 radical (unpaired) electrons. The van der Waals surface area contributed by atoms with E-state index in [0.717, 1.165) is 29.7 Å². The van der Waals surface area contributed by atoms with Crippen molar-refractivity contribution in [2.45, 2.75) is 32.3 Å². The summed E-state index contributed by atoms with van der Waals surface area (Å²) in [7, 11) is 0. The van der Waals surface area contributed by atoms with Crippen molar-refractivity contribution in [2.75, 3.05) is 0 Å². The molecule has 1 heterocycles. The van der Waals surface area contributed by atoms with Crippen LogP contribution < -0.4 is 0 Å². The van der Waals surface area contributed by atoms with Gasteiger partial charge in [0.25, 0.3) is 0 Å². The van der Waals surface area contributed by atoms with Gasteiger partial charge in [-0.1, -0.05) is 12.1 Å². The Balaban J connectivity index is 2.16. The number of carboxylic acids is 1. The first-order chi connectivity index (χ1) is 8.27. The Labute approximate surface area is 99.7 Å². The summed E-state index contributed by atoms with van der Waals surface area (Å²) in [6.45, 7) is 0.399. The fourth-order valence-corrected chi connectivity index (χ4v) is 2.71. The molecule has 1 aromatic carbocycles. The van der Waals surface area contributed by atoms with Gasteiger partial charge in [0.1, 0.15) is 12.4 Å². The van der Waals surface area contributed by atoms with E-state index in [0.29, 0.717) is 12.2 Å². The molecule has 88 valence electrons. The van der Waals surface area contributed by atoms with Crippen molar-refractivity contribution in [3.8, 4) is 0 Å². The summed E-state index contributed by atoms with van der Waals surface area (Å²) in [6, 6.07) is 5.50. The third-order valence-corrected chi connectivity index (χ3v) is 3.54. The molecule has 1 N–H and O–H groups in total. The maximum Gasteiger partial charge on any atom is 0.336 e. The molecule has 0 atom stereocenters. The first kappa shape index (κ1) is 10.4. The summed E-state index contributed by atoms with van der Waals surface area (Å²) < 4.78 is 5.72. The van der Waals surface area contributed by atoms with Crippen LogP contribution in [0.2, 0.25) is 0 Å². The highest BCUT2D eigenvalue weighted by atomic mass is 16.5. The second-order valence-corrected chi connectivity index (χ2v) is 4.53. The average molecular weight is 230 g/mol. The Morgan fingerprint density at radius 1 is 1.24 bits per heavy atom. The molecule has 0 fully saturated rings. The lowest BCUT2D eigenvalue weighted by Crippen LogP contribution is -2.15. The summed E-state index contributed by atoms with van der Waals surface area (Å²) in [5, 5.41) is 9.17. The zero-order valence-corrected chi connectivity index (χ0v) is 9.53. The first-order valence-corrected chi connectivity index (χ1v) is 5.98. The smallest absolute Gasteiger partial charge is 0.336 e. The third kappa shape index (κ3) is 1.62. The predicted octanol–water partition coefficient (Wildman–Crippen LogP) is 3.20. The van der Waals surface area contributed by atoms with Crippen molar-refractivity contribution < 1.29 is 14.6 Å². The van der Waals surface area contributed by atoms with E-state index in [1.165, 1.54) is 18.4 Å². The van der Waals surface area contributed by atoms with E-state index in [9.17, 15) is 4.79 Å². The maximum absolute atomic E-state index is 11.2. The number of ether oxygens (including phenoxy) is 1. The van der Waals surface area contributed by atoms with Gasteiger partial charge in [-0.05, 0) is 36.5 Å². The molecule has 0 amide bonds. The largest absolute Gasteiger partial charge is 0.493 e. The van der Waals surface area contributed by atoms with Gasteiger partial charge in [0, 0.05) is 12.0 Å². The summed E-state index contributed by atoms with van der Waals surface area (Å²) in [6.07, 6.45) is 4.34. The quantitative estimate of drug-likeness (QED) is 0.805. The van der Waals surface area contributed by atoms with Crippen molar-refractivity contribution in [2.24, 2.45) is 0 Å². The molecule has 0 saturated heterocycles. The molecule has 0 aromatic heterocycles. The van der Waals surface area contributed by atoms with Gasteiger partial charge < -0.3 is 9.84 Å². The summed E-state index contributed by atoms with van der Waals surface area (Å²) >= 11 is 0. The molecule has 3 heteroatoms. The Morgan fingerprint density at radius 2 is 2.06 bits per heavy atom. The van der Waals surface area contributed by atoms with Gasteiger partial charge in [-0.2, -0.15) is 0 Å². The molecule has 0 unspecified atom stereocenters. The molecule has 1 aliphatic heterocycles. The predicted molar refractivity (Wildman–Crippen MR) is 63.6 cm³/mol. The van der Waals surface area contributed by atoms with Crippen LogP contribution in [0, 0.1) is 0 Å². The van der Waals surface area contributed by atoms with Gasteiger partial charge in [0.2, 0.25) is 0 Å². The van der Waals surface area contributed by atoms with Gasteiger partial charge in [-0.15, -0.1) is 0 Å². The van der Waals surface area contributed by atoms with Crippen molar-refractivity contribution in [3.63, 3.8) is 0 Å². The highest BCUT2D eigenvalue weighted by molar-refractivity contribution is 5.92. The Hall–Kier alpha value is -1.77. The van der Waals surface area contributed by atoms with Crippen LogP contribution in [0.4, 0.5) is 0 Å². The second-order valence-electron chi connectivity index (χ2n) is 4.53. The van der Waals surface area contributed by atoms with Gasteiger partial charge in [0.05, 0.1) is 5.56 Å². The van der Waals surface area contributed by atoms with Crippen LogP contribution in [0.3, 0.4) is 0 Å². The fourth-order valence-electron chi connectivity index (χ4n) is 2.71. The van der Waals surface area contributed by atoms with E-state index in [1.807, 2.05) is 12.1 Å². The van der Waals surface area contributed by atoms with E-state index in [2.05, 4.69) is 0 Å². The standard InChI is InChI=1S/C14H14O3/c15-14(16)11-6-3-5-9-10-4-1-2-7-13(10)17-8-12(9)11/h3,5-6H,1-2,4,7-8H2,(H,15,16). The molecule has 0 bridgehead atoms. The molecule has 3 rings (SSSR count). The number of carboxylic acid groups (broad SMARTS) is 1. The molecule has 0 saturated carbocycles. The van der Waals surface area contributed by atoms with Crippen LogP contribution in [0.15, 0.2) is 24.0 Å². The maximum atomic E-state index is 11.2. The third-order valence-electron chi connectivity index (χ3n) is 3.54. The van der Waals surface area contributed by atoms with E-state index in [1.54, 1.807) is 6.07 Å². The number of allylic oxidation sites excluding steroid dienone is 2. The lowest BCUT2D eigenvalue weighted by Gasteiger charge is -2.28. The SMILES string of the molecule is O=C(O)c1cccc2c1COC1=C2CCCC1. The minimum atomic E-state index is -0.870. The topological polar surface area (TPSA) is 46.5 Å². The number of aromatic carboxylic acids is 1. The number of carbonyl (C=O) groups is 1. The van der Waals surface area contributed by atoms with Gasteiger partial charge in [-0.3, -0.25) is 0 Å². The van der Waals surface area contributed by atoms with Gasteiger partial charge in [0.15, 0.2) is 0 Å². The lowest BCUT2D eigenvalue weighted by molar-refractivity contribution is 0.0691. The Morgan fingerprint density at radius 3 is 2.88 bits per heavy atom. The first-order valence-electron chi connectivity index (χ1n) is 5.98. The number of hydrogen-bond donors (Lipinski definition) is 1. The van der Waals surface area contributed by atoms with E-state index in [4.69, 9.17) is 9.84 Å². The number of rotatable bonds is 1. The molecule has 1 aliphatic carbocycles. The number of fused-ring (bicyclic) bond motifs is 2. The summed E-state index contributed by atoms with van der Waals surface area (Å²) in [4.78, 5) is 11.2. The molecular formula is C14H14O3. The number of benzene rings is 1. The van der Waals surface area contributed by atoms with Crippen molar-refractivity contribution in [1.82, 2.24) is 0 Å². The van der Waals surface area contributed by atoms with Crippen LogP contribution in [0.25, 0.3) is 5.57 Å². The van der Waals surface area contributed by atoms with Crippen molar-refractivity contribution in [3.05, 3.63) is 40.6 Å². The van der Waals surface area contributed by atoms with Crippen molar-refractivity contribution in [1.29, 1.82) is 0 Å². The normalized spacial score (nSPS) is 18.1. The lowest BCUT2D eigenvalue weighted by atomic mass is 9.86. The van der Waals surface area contributed by atoms with E-state index < -0.39 is 5.97 Å². The monoisotopic (exact) mass is 230 g/mol. The van der Waals surface area contributed by atoms with Crippen molar-refractivity contribution >= 4 is 11.5 Å². The van der Waals surface area contributed by atoms with Crippen LogP contribution >= 0.6 is 0 Å². The van der Waals surface area contributed by atoms with E-state index >= 15 is 0 Å². The van der Waals surface area contributed by atoms with Crippen LogP contribution in [-0.4, -0.2) is 11.1 Å². The van der Waals surface area contributed by atoms with Gasteiger partial charge >= 0.3 is 5.97 Å². The minimum Gasteiger partial charge on any atom is -0.493 e. The molecule has 3 nitrogen and oxygen atoms in total. The Bertz CT molecular complexity index is 514. The zero-order chi connectivity index (χ0) is 11.8. The van der Waals surface area contributed by atoms with Crippen LogP contribution in [-0.2, 0) is 11.3 Å². The van der Waals surface area contributed by atoms with Crippen LogP contribution in [0.1, 0.15) is 47.2 Å². The molecule has 17 heavy (non-hydrogen) atoms. The minimum absolute atomic E-state index is 0.375. The zero-order valence-electron chi connectivity index (χ0n) is 9.53. The molecule has 2 aliphatic rings. The fraction of sp³-hybridized carbons (Fsp3) is 0.357. The van der Waals surface area contributed by atoms with Crippen LogP contribution in [0.5, 0.6) is 0 Å². The van der Waals surface area contributed by atoms with E-state index in [-0.39, 0.29) is 0 Å². The molecule has 1 aromatic rings. The Kier molecular flexibility index (Phi) is 2.39. The average Bonchev–Trinajstić information content (AvgIpc) is 2.37. The molecule has 0 spiro atoms. The molecular weight excluding hydrogens is 216 g/mol. The van der Waals surface area contributed by atoms with Gasteiger partial charge in [-0.25, -0.2) is 4.79 Å². The highest BCUT2D eigenvalue weighted by Crippen LogP contribution is 2.39. The summed E-state index contributed by atoms with van der Waals surface area (Å²) in [5.74, 6) is 0.205. The summed E-state index contributed by atoms with van der Waals surface area (Å²) in [5.41, 5.74) is 3.52. The number of hydrogen-bond acceptors (Lipinski definition) is 2. The second kappa shape index (κ2) is 3.91. The highest BCUT2D eigenvalue weighted by Gasteiger charge is 2.25.